The van der Waals surface area contributed by atoms with Gasteiger partial charge in [-0.2, -0.15) is 5.26 Å². The predicted octanol–water partition coefficient (Wildman–Crippen LogP) is 3.13. The number of carbonyl (C=O) groups is 2. The van der Waals surface area contributed by atoms with Crippen LogP contribution in [0.5, 0.6) is 0 Å². The number of benzene rings is 1. The first-order valence-corrected chi connectivity index (χ1v) is 6.86. The van der Waals surface area contributed by atoms with Gasteiger partial charge in [0.15, 0.2) is 5.78 Å². The summed E-state index contributed by atoms with van der Waals surface area (Å²) in [4.78, 5) is 23.8. The van der Waals surface area contributed by atoms with Crippen molar-refractivity contribution in [1.29, 1.82) is 5.26 Å². The third kappa shape index (κ3) is 4.85. The first-order chi connectivity index (χ1) is 9.70. The zero-order chi connectivity index (χ0) is 14.8. The molecule has 1 rings (SSSR count). The first-order valence-electron chi connectivity index (χ1n) is 6.86. The highest BCUT2D eigenvalue weighted by Gasteiger charge is 2.28. The average Bonchev–Trinajstić information content (AvgIpc) is 2.48. The Kier molecular flexibility index (Phi) is 7.05. The number of ether oxygens (including phenoxy) is 1. The van der Waals surface area contributed by atoms with E-state index in [0.717, 1.165) is 25.7 Å². The minimum atomic E-state index is -1.37. The molecule has 106 valence electrons. The summed E-state index contributed by atoms with van der Waals surface area (Å²) in [6.07, 6.45) is 3.92. The normalized spacial score (nSPS) is 11.4. The fourth-order valence-corrected chi connectivity index (χ4v) is 1.77. The number of nitriles is 1. The Labute approximate surface area is 119 Å². The molecular weight excluding hydrogens is 254 g/mol. The van der Waals surface area contributed by atoms with E-state index >= 15 is 0 Å². The molecular formula is C16H19NO3. The minimum absolute atomic E-state index is 0.263. The number of nitrogens with zero attached hydrogens (tertiary/aromatic N) is 1. The fraction of sp³-hybridized carbons (Fsp3) is 0.438. The summed E-state index contributed by atoms with van der Waals surface area (Å²) in [6.45, 7) is 2.36. The number of esters is 1. The second kappa shape index (κ2) is 8.87. The van der Waals surface area contributed by atoms with Crippen molar-refractivity contribution in [2.75, 3.05) is 6.61 Å². The maximum atomic E-state index is 12.0. The highest BCUT2D eigenvalue weighted by molar-refractivity contribution is 6.10. The summed E-state index contributed by atoms with van der Waals surface area (Å²) in [5, 5.41) is 9.00. The van der Waals surface area contributed by atoms with Gasteiger partial charge in [-0.25, -0.2) is 0 Å². The summed E-state index contributed by atoms with van der Waals surface area (Å²) in [7, 11) is 0. The van der Waals surface area contributed by atoms with Crippen molar-refractivity contribution in [1.82, 2.24) is 0 Å². The molecule has 1 aromatic carbocycles. The molecule has 0 aliphatic rings. The van der Waals surface area contributed by atoms with Crippen LogP contribution >= 0.6 is 0 Å². The number of hydrogen-bond acceptors (Lipinski definition) is 4. The molecule has 0 amide bonds. The Morgan fingerprint density at radius 3 is 2.50 bits per heavy atom. The van der Waals surface area contributed by atoms with Gasteiger partial charge in [0, 0.05) is 5.56 Å². The van der Waals surface area contributed by atoms with Crippen LogP contribution in [0.3, 0.4) is 0 Å². The SMILES string of the molecule is CCCCCCOC(=O)C(C#N)C(=O)c1ccccc1. The molecule has 0 aliphatic heterocycles. The van der Waals surface area contributed by atoms with Crippen molar-refractivity contribution >= 4 is 11.8 Å². The van der Waals surface area contributed by atoms with Crippen LogP contribution < -0.4 is 0 Å². The zero-order valence-corrected chi connectivity index (χ0v) is 11.7. The molecule has 4 heteroatoms. The van der Waals surface area contributed by atoms with Crippen molar-refractivity contribution in [3.05, 3.63) is 35.9 Å². The summed E-state index contributed by atoms with van der Waals surface area (Å²) in [5.41, 5.74) is 0.349. The van der Waals surface area contributed by atoms with Crippen LogP contribution in [0.4, 0.5) is 0 Å². The van der Waals surface area contributed by atoms with Crippen LogP contribution in [0.25, 0.3) is 0 Å². The lowest BCUT2D eigenvalue weighted by Crippen LogP contribution is -2.25. The molecule has 0 saturated carbocycles. The molecule has 1 unspecified atom stereocenters. The molecule has 4 nitrogen and oxygen atoms in total. The first kappa shape index (κ1) is 15.9. The quantitative estimate of drug-likeness (QED) is 0.316. The topological polar surface area (TPSA) is 67.2 Å². The lowest BCUT2D eigenvalue weighted by atomic mass is 9.99. The molecule has 0 bridgehead atoms. The van der Waals surface area contributed by atoms with E-state index in [-0.39, 0.29) is 6.61 Å². The second-order valence-electron chi connectivity index (χ2n) is 4.52. The van der Waals surface area contributed by atoms with Crippen LogP contribution in [0.1, 0.15) is 43.0 Å². The second-order valence-corrected chi connectivity index (χ2v) is 4.52. The van der Waals surface area contributed by atoms with Gasteiger partial charge in [-0.1, -0.05) is 56.5 Å². The fourth-order valence-electron chi connectivity index (χ4n) is 1.77. The standard InChI is InChI=1S/C16H19NO3/c1-2-3-4-8-11-20-16(19)14(12-17)15(18)13-9-6-5-7-10-13/h5-7,9-10,14H,2-4,8,11H2,1H3. The summed E-state index contributed by atoms with van der Waals surface area (Å²) < 4.78 is 5.00. The number of hydrogen-bond donors (Lipinski definition) is 0. The molecule has 0 N–H and O–H groups in total. The maximum absolute atomic E-state index is 12.0. The Morgan fingerprint density at radius 1 is 1.20 bits per heavy atom. The molecule has 20 heavy (non-hydrogen) atoms. The lowest BCUT2D eigenvalue weighted by Gasteiger charge is -2.08. The van der Waals surface area contributed by atoms with E-state index in [4.69, 9.17) is 10.00 Å². The monoisotopic (exact) mass is 273 g/mol. The van der Waals surface area contributed by atoms with E-state index in [0.29, 0.717) is 5.56 Å². The Bertz CT molecular complexity index is 476. The highest BCUT2D eigenvalue weighted by atomic mass is 16.5. The number of Topliss-reactive ketones (excluding diaryl/α,β-unsaturated/α-hetero) is 1. The van der Waals surface area contributed by atoms with Crippen molar-refractivity contribution in [3.63, 3.8) is 0 Å². The van der Waals surface area contributed by atoms with Crippen LogP contribution in [0, 0.1) is 17.2 Å². The molecule has 0 spiro atoms. The van der Waals surface area contributed by atoms with E-state index < -0.39 is 17.7 Å². The van der Waals surface area contributed by atoms with Gasteiger partial charge in [-0.3, -0.25) is 9.59 Å². The Hall–Kier alpha value is -2.15. The van der Waals surface area contributed by atoms with E-state index in [2.05, 4.69) is 6.92 Å². The number of rotatable bonds is 8. The molecule has 0 aromatic heterocycles. The van der Waals surface area contributed by atoms with Gasteiger partial charge in [0.25, 0.3) is 0 Å². The van der Waals surface area contributed by atoms with Crippen LogP contribution in [0.15, 0.2) is 30.3 Å². The third-order valence-corrected chi connectivity index (χ3v) is 2.93. The summed E-state index contributed by atoms with van der Waals surface area (Å²) >= 11 is 0. The Morgan fingerprint density at radius 2 is 1.90 bits per heavy atom. The van der Waals surface area contributed by atoms with Crippen LogP contribution in [0.2, 0.25) is 0 Å². The van der Waals surface area contributed by atoms with Gasteiger partial charge < -0.3 is 4.74 Å². The largest absolute Gasteiger partial charge is 0.464 e. The van der Waals surface area contributed by atoms with Gasteiger partial charge in [-0.15, -0.1) is 0 Å². The third-order valence-electron chi connectivity index (χ3n) is 2.93. The van der Waals surface area contributed by atoms with Crippen LogP contribution in [-0.2, 0) is 9.53 Å². The molecule has 0 saturated heterocycles. The maximum Gasteiger partial charge on any atom is 0.331 e. The molecule has 0 radical (unpaired) electrons. The van der Waals surface area contributed by atoms with Gasteiger partial charge >= 0.3 is 5.97 Å². The van der Waals surface area contributed by atoms with E-state index in [1.54, 1.807) is 36.4 Å². The zero-order valence-electron chi connectivity index (χ0n) is 11.7. The van der Waals surface area contributed by atoms with Crippen molar-refractivity contribution in [3.8, 4) is 6.07 Å². The molecule has 0 heterocycles. The molecule has 1 atom stereocenters. The van der Waals surface area contributed by atoms with Crippen molar-refractivity contribution in [2.45, 2.75) is 32.6 Å². The van der Waals surface area contributed by atoms with Gasteiger partial charge in [-0.05, 0) is 6.42 Å². The number of carbonyl (C=O) groups excluding carboxylic acids is 2. The van der Waals surface area contributed by atoms with Gasteiger partial charge in [0.05, 0.1) is 12.7 Å². The van der Waals surface area contributed by atoms with Gasteiger partial charge in [0.2, 0.25) is 5.92 Å². The van der Waals surface area contributed by atoms with Crippen molar-refractivity contribution in [2.24, 2.45) is 5.92 Å². The average molecular weight is 273 g/mol. The molecule has 1 aromatic rings. The van der Waals surface area contributed by atoms with Crippen LogP contribution in [-0.4, -0.2) is 18.4 Å². The predicted molar refractivity (Wildman–Crippen MR) is 75.0 cm³/mol. The van der Waals surface area contributed by atoms with Crippen molar-refractivity contribution < 1.29 is 14.3 Å². The minimum Gasteiger partial charge on any atom is -0.464 e. The van der Waals surface area contributed by atoms with Gasteiger partial charge in [0.1, 0.15) is 0 Å². The molecule has 0 fully saturated rings. The molecule has 0 aliphatic carbocycles. The van der Waals surface area contributed by atoms with E-state index in [1.807, 2.05) is 0 Å². The van der Waals surface area contributed by atoms with E-state index in [9.17, 15) is 9.59 Å². The number of ketones is 1. The summed E-state index contributed by atoms with van der Waals surface area (Å²) in [6, 6.07) is 10.0. The Balaban J connectivity index is 2.52. The highest BCUT2D eigenvalue weighted by Crippen LogP contribution is 2.11. The number of unbranched alkanes of at least 4 members (excludes halogenated alkanes) is 3. The lowest BCUT2D eigenvalue weighted by molar-refractivity contribution is -0.145. The summed E-state index contributed by atoms with van der Waals surface area (Å²) in [5.74, 6) is -2.63. The van der Waals surface area contributed by atoms with E-state index in [1.165, 1.54) is 0 Å². The smallest absolute Gasteiger partial charge is 0.331 e.